The highest BCUT2D eigenvalue weighted by molar-refractivity contribution is 5.81. The van der Waals surface area contributed by atoms with Gasteiger partial charge in [0.05, 0.1) is 41.7 Å². The van der Waals surface area contributed by atoms with E-state index in [1.54, 1.807) is 69.3 Å². The molecule has 0 aliphatic carbocycles. The fraction of sp³-hybridized carbons (Fsp3) is 0.353. The minimum absolute atomic E-state index is 0.0396. The maximum absolute atomic E-state index is 14.1. The van der Waals surface area contributed by atoms with Crippen LogP contribution in [0.2, 0.25) is 0 Å². The van der Waals surface area contributed by atoms with Crippen LogP contribution in [0, 0.1) is 5.82 Å². The molecule has 0 saturated carbocycles. The maximum Gasteiger partial charge on any atom is 0.419 e. The zero-order chi connectivity index (χ0) is 34.1. The lowest BCUT2D eigenvalue weighted by Crippen LogP contribution is -2.54. The van der Waals surface area contributed by atoms with Crippen molar-refractivity contribution in [1.82, 2.24) is 19.4 Å². The predicted octanol–water partition coefficient (Wildman–Crippen LogP) is 6.31. The molecule has 5 rings (SSSR count). The van der Waals surface area contributed by atoms with Gasteiger partial charge < -0.3 is 19.3 Å². The first-order chi connectivity index (χ1) is 22.2. The van der Waals surface area contributed by atoms with Gasteiger partial charge in [0, 0.05) is 13.1 Å². The van der Waals surface area contributed by atoms with E-state index in [1.165, 1.54) is 14.4 Å². The quantitative estimate of drug-likeness (QED) is 0.227. The second-order valence-corrected chi connectivity index (χ2v) is 12.1. The lowest BCUT2D eigenvalue weighted by molar-refractivity contribution is -0.140. The van der Waals surface area contributed by atoms with Crippen molar-refractivity contribution in [3.05, 3.63) is 99.9 Å². The number of fused-ring (bicyclic) bond motifs is 1. The van der Waals surface area contributed by atoms with Crippen LogP contribution < -0.4 is 10.3 Å². The largest absolute Gasteiger partial charge is 0.494 e. The molecule has 0 spiro atoms. The van der Waals surface area contributed by atoms with Gasteiger partial charge >= 0.3 is 12.3 Å². The zero-order valence-electron chi connectivity index (χ0n) is 26.3. The average molecular weight is 655 g/mol. The Labute approximate surface area is 268 Å². The van der Waals surface area contributed by atoms with Crippen LogP contribution in [0.4, 0.5) is 22.4 Å². The smallest absolute Gasteiger partial charge is 0.419 e. The number of nitrogens with zero attached hydrogens (tertiary/aromatic N) is 4. The Morgan fingerprint density at radius 3 is 2.34 bits per heavy atom. The molecule has 1 unspecified atom stereocenters. The van der Waals surface area contributed by atoms with Gasteiger partial charge in [-0.2, -0.15) is 13.2 Å². The Kier molecular flexibility index (Phi) is 9.28. The molecule has 0 bridgehead atoms. The third kappa shape index (κ3) is 7.39. The van der Waals surface area contributed by atoms with E-state index in [9.17, 15) is 31.9 Å². The van der Waals surface area contributed by atoms with Crippen molar-refractivity contribution in [3.63, 3.8) is 0 Å². The van der Waals surface area contributed by atoms with Crippen molar-refractivity contribution < 1.29 is 36.6 Å². The number of hydrogen-bond donors (Lipinski definition) is 0. The molecule has 1 aliphatic heterocycles. The molecular formula is C34H34F4N4O5. The van der Waals surface area contributed by atoms with E-state index in [0.29, 0.717) is 41.1 Å². The van der Waals surface area contributed by atoms with Crippen molar-refractivity contribution in [1.29, 1.82) is 0 Å². The van der Waals surface area contributed by atoms with Crippen molar-refractivity contribution in [2.24, 2.45) is 0 Å². The van der Waals surface area contributed by atoms with Crippen LogP contribution in [0.15, 0.2) is 71.5 Å². The van der Waals surface area contributed by atoms with E-state index in [1.807, 2.05) is 6.92 Å². The third-order valence-electron chi connectivity index (χ3n) is 7.55. The van der Waals surface area contributed by atoms with Gasteiger partial charge in [0.25, 0.3) is 5.56 Å². The highest BCUT2D eigenvalue weighted by Crippen LogP contribution is 2.33. The van der Waals surface area contributed by atoms with E-state index >= 15 is 0 Å². The number of rotatable bonds is 6. The van der Waals surface area contributed by atoms with E-state index in [0.717, 1.165) is 6.07 Å². The van der Waals surface area contributed by atoms with Crippen molar-refractivity contribution in [2.75, 3.05) is 26.2 Å². The number of amides is 2. The summed E-state index contributed by atoms with van der Waals surface area (Å²) < 4.78 is 66.9. The van der Waals surface area contributed by atoms with Crippen LogP contribution in [0.3, 0.4) is 0 Å². The van der Waals surface area contributed by atoms with Crippen LogP contribution in [0.5, 0.6) is 5.75 Å². The molecule has 13 heteroatoms. The number of carbonyl (C=O) groups is 2. The molecule has 0 N–H and O–H groups in total. The topological polar surface area (TPSA) is 94.0 Å². The summed E-state index contributed by atoms with van der Waals surface area (Å²) in [4.78, 5) is 48.8. The second kappa shape index (κ2) is 13.0. The van der Waals surface area contributed by atoms with Crippen molar-refractivity contribution >= 4 is 22.9 Å². The molecule has 1 aliphatic rings. The van der Waals surface area contributed by atoms with E-state index in [-0.39, 0.29) is 31.0 Å². The van der Waals surface area contributed by atoms with Crippen molar-refractivity contribution in [3.8, 4) is 11.4 Å². The molecule has 248 valence electrons. The standard InChI is InChI=1S/C34H34F4N4O5/c1-5-46-23-13-11-22(12-14-23)42-30(39-27-9-7-6-8-24(27)31(42)44)28-20-40(32(45)47-33(2,3)4)16-17-41(28)29(43)19-21-10-15-26(35)25(18-21)34(36,37)38/h6-15,18,28H,5,16-17,19-20H2,1-4H3. The number of carbonyl (C=O) groups excluding carboxylic acids is 2. The first-order valence-electron chi connectivity index (χ1n) is 15.0. The van der Waals surface area contributed by atoms with E-state index in [4.69, 9.17) is 14.5 Å². The van der Waals surface area contributed by atoms with Crippen LogP contribution in [0.25, 0.3) is 16.6 Å². The number of para-hydroxylation sites is 1. The Morgan fingerprint density at radius 1 is 0.979 bits per heavy atom. The summed E-state index contributed by atoms with van der Waals surface area (Å²) in [6, 6.07) is 14.8. The number of alkyl halides is 3. The van der Waals surface area contributed by atoms with Gasteiger partial charge in [-0.15, -0.1) is 0 Å². The number of ether oxygens (including phenoxy) is 2. The zero-order valence-corrected chi connectivity index (χ0v) is 26.3. The van der Waals surface area contributed by atoms with Crippen LogP contribution in [0.1, 0.15) is 50.7 Å². The Balaban J connectivity index is 1.63. The summed E-state index contributed by atoms with van der Waals surface area (Å²) in [6.45, 7) is 7.31. The summed E-state index contributed by atoms with van der Waals surface area (Å²) in [5.41, 5.74) is -2.00. The molecule has 0 radical (unpaired) electrons. The van der Waals surface area contributed by atoms with Gasteiger partial charge in [0.15, 0.2) is 0 Å². The third-order valence-corrected chi connectivity index (χ3v) is 7.55. The molecule has 1 fully saturated rings. The van der Waals surface area contributed by atoms with Gasteiger partial charge in [0.2, 0.25) is 5.91 Å². The minimum atomic E-state index is -4.95. The van der Waals surface area contributed by atoms with Gasteiger partial charge in [-0.1, -0.05) is 18.2 Å². The minimum Gasteiger partial charge on any atom is -0.494 e. The van der Waals surface area contributed by atoms with E-state index < -0.39 is 53.2 Å². The molecule has 47 heavy (non-hydrogen) atoms. The molecule has 3 aromatic carbocycles. The number of aromatic nitrogens is 2. The van der Waals surface area contributed by atoms with E-state index in [2.05, 4.69) is 0 Å². The molecule has 2 heterocycles. The SMILES string of the molecule is CCOc1ccc(-n2c(C3CN(C(=O)OC(C)(C)C)CCN3C(=O)Cc3ccc(F)c(C(F)(F)F)c3)nc3ccccc3c2=O)cc1. The normalized spacial score (nSPS) is 15.5. The maximum atomic E-state index is 14.1. The highest BCUT2D eigenvalue weighted by atomic mass is 19.4. The molecular weight excluding hydrogens is 620 g/mol. The molecule has 1 atom stereocenters. The fourth-order valence-corrected chi connectivity index (χ4v) is 5.45. The van der Waals surface area contributed by atoms with Crippen molar-refractivity contribution in [2.45, 2.75) is 51.9 Å². The second-order valence-electron chi connectivity index (χ2n) is 12.1. The van der Waals surface area contributed by atoms with Gasteiger partial charge in [-0.3, -0.25) is 14.2 Å². The fourth-order valence-electron chi connectivity index (χ4n) is 5.45. The van der Waals surface area contributed by atoms with Crippen LogP contribution in [-0.4, -0.2) is 63.2 Å². The van der Waals surface area contributed by atoms with Gasteiger partial charge in [-0.05, 0) is 81.8 Å². The summed E-state index contributed by atoms with van der Waals surface area (Å²) in [5.74, 6) is -1.34. The summed E-state index contributed by atoms with van der Waals surface area (Å²) in [7, 11) is 0. The number of benzene rings is 3. The first kappa shape index (κ1) is 33.4. The molecule has 4 aromatic rings. The number of hydrogen-bond acceptors (Lipinski definition) is 6. The number of halogens is 4. The molecule has 1 saturated heterocycles. The lowest BCUT2D eigenvalue weighted by atomic mass is 10.0. The monoisotopic (exact) mass is 654 g/mol. The summed E-state index contributed by atoms with van der Waals surface area (Å²) >= 11 is 0. The van der Waals surface area contributed by atoms with Gasteiger partial charge in [-0.25, -0.2) is 14.2 Å². The molecule has 1 aromatic heterocycles. The summed E-state index contributed by atoms with van der Waals surface area (Å²) in [6.07, 6.45) is -6.08. The molecule has 9 nitrogen and oxygen atoms in total. The van der Waals surface area contributed by atoms with Crippen LogP contribution >= 0.6 is 0 Å². The van der Waals surface area contributed by atoms with Gasteiger partial charge in [0.1, 0.15) is 29.0 Å². The first-order valence-corrected chi connectivity index (χ1v) is 15.0. The van der Waals surface area contributed by atoms with Crippen LogP contribution in [-0.2, 0) is 22.1 Å². The summed E-state index contributed by atoms with van der Waals surface area (Å²) in [5, 5.41) is 0.314. The Morgan fingerprint density at radius 2 is 1.68 bits per heavy atom. The molecule has 2 amide bonds. The average Bonchev–Trinajstić information content (AvgIpc) is 3.01. The highest BCUT2D eigenvalue weighted by Gasteiger charge is 2.39. The number of piperazine rings is 1. The predicted molar refractivity (Wildman–Crippen MR) is 166 cm³/mol. The Bertz CT molecular complexity index is 1850. The lowest BCUT2D eigenvalue weighted by Gasteiger charge is -2.42. The Hall–Kier alpha value is -4.94.